The predicted molar refractivity (Wildman–Crippen MR) is 110 cm³/mol. The third-order valence-corrected chi connectivity index (χ3v) is 5.62. The molecule has 0 amide bonds. The standard InChI is InChI=1S/C23H32N2O/c1-6-19(7-2)15-25-12-8-9-20-21(25)10-11-24-23(20)26-22-17(4)13-16(3)14-18(22)5/h10-11,13-14,19H,6-9,12,15H2,1-5H3. The molecule has 3 nitrogen and oxygen atoms in total. The molecule has 0 fully saturated rings. The normalized spacial score (nSPS) is 13.8. The predicted octanol–water partition coefficient (Wildman–Crippen LogP) is 5.99. The third-order valence-electron chi connectivity index (χ3n) is 5.62. The van der Waals surface area contributed by atoms with Crippen LogP contribution in [-0.4, -0.2) is 18.1 Å². The summed E-state index contributed by atoms with van der Waals surface area (Å²) in [5.41, 5.74) is 6.20. The van der Waals surface area contributed by atoms with E-state index in [1.807, 2.05) is 6.20 Å². The summed E-state index contributed by atoms with van der Waals surface area (Å²) in [5.74, 6) is 2.49. The average Bonchev–Trinajstić information content (AvgIpc) is 2.62. The summed E-state index contributed by atoms with van der Waals surface area (Å²) in [6.07, 6.45) is 6.58. The van der Waals surface area contributed by atoms with E-state index < -0.39 is 0 Å². The fourth-order valence-corrected chi connectivity index (χ4v) is 4.12. The van der Waals surface area contributed by atoms with E-state index in [1.54, 1.807) is 0 Å². The minimum Gasteiger partial charge on any atom is -0.438 e. The number of nitrogens with zero attached hydrogens (tertiary/aromatic N) is 2. The second kappa shape index (κ2) is 8.11. The molecule has 1 aromatic heterocycles. The molecule has 0 radical (unpaired) electrons. The Kier molecular flexibility index (Phi) is 5.85. The molecule has 1 aliphatic heterocycles. The molecule has 0 spiro atoms. The van der Waals surface area contributed by atoms with Gasteiger partial charge in [0.25, 0.3) is 0 Å². The number of aryl methyl sites for hydroxylation is 3. The minimum absolute atomic E-state index is 0.750. The number of hydrogen-bond donors (Lipinski definition) is 0. The number of benzene rings is 1. The van der Waals surface area contributed by atoms with Gasteiger partial charge in [-0.25, -0.2) is 4.98 Å². The Morgan fingerprint density at radius 3 is 2.46 bits per heavy atom. The van der Waals surface area contributed by atoms with Gasteiger partial charge in [-0.3, -0.25) is 0 Å². The van der Waals surface area contributed by atoms with Gasteiger partial charge in [0.2, 0.25) is 5.88 Å². The van der Waals surface area contributed by atoms with Crippen molar-refractivity contribution < 1.29 is 4.74 Å². The lowest BCUT2D eigenvalue weighted by Crippen LogP contribution is -2.34. The maximum absolute atomic E-state index is 6.36. The van der Waals surface area contributed by atoms with Crippen LogP contribution >= 0.6 is 0 Å². The van der Waals surface area contributed by atoms with Gasteiger partial charge in [-0.15, -0.1) is 0 Å². The van der Waals surface area contributed by atoms with Crippen LogP contribution in [0, 0.1) is 26.7 Å². The van der Waals surface area contributed by atoms with Crippen molar-refractivity contribution in [2.24, 2.45) is 5.92 Å². The van der Waals surface area contributed by atoms with Crippen LogP contribution in [0.4, 0.5) is 5.69 Å². The zero-order valence-corrected chi connectivity index (χ0v) is 16.9. The van der Waals surface area contributed by atoms with Crippen molar-refractivity contribution in [3.8, 4) is 11.6 Å². The Balaban J connectivity index is 1.92. The van der Waals surface area contributed by atoms with Crippen LogP contribution in [0.15, 0.2) is 24.4 Å². The van der Waals surface area contributed by atoms with E-state index in [0.29, 0.717) is 0 Å². The summed E-state index contributed by atoms with van der Waals surface area (Å²) >= 11 is 0. The van der Waals surface area contributed by atoms with Crippen LogP contribution in [0.5, 0.6) is 11.6 Å². The number of rotatable bonds is 6. The zero-order valence-electron chi connectivity index (χ0n) is 16.9. The highest BCUT2D eigenvalue weighted by atomic mass is 16.5. The SMILES string of the molecule is CCC(CC)CN1CCCc2c1ccnc2Oc1c(C)cc(C)cc1C. The second-order valence-electron chi connectivity index (χ2n) is 7.68. The van der Waals surface area contributed by atoms with E-state index in [-0.39, 0.29) is 0 Å². The second-order valence-corrected chi connectivity index (χ2v) is 7.68. The number of aromatic nitrogens is 1. The molecule has 3 heteroatoms. The Labute approximate surface area is 158 Å². The van der Waals surface area contributed by atoms with E-state index in [1.165, 1.54) is 47.2 Å². The Hall–Kier alpha value is -2.03. The van der Waals surface area contributed by atoms with E-state index in [0.717, 1.165) is 37.1 Å². The minimum atomic E-state index is 0.750. The Morgan fingerprint density at radius 1 is 1.12 bits per heavy atom. The van der Waals surface area contributed by atoms with Crippen LogP contribution in [0.25, 0.3) is 0 Å². The van der Waals surface area contributed by atoms with Crippen molar-refractivity contribution in [3.05, 3.63) is 46.6 Å². The first-order valence-corrected chi connectivity index (χ1v) is 10.0. The molecule has 0 bridgehead atoms. The molecule has 3 rings (SSSR count). The number of fused-ring (bicyclic) bond motifs is 1. The highest BCUT2D eigenvalue weighted by Gasteiger charge is 2.23. The highest BCUT2D eigenvalue weighted by Crippen LogP contribution is 2.37. The van der Waals surface area contributed by atoms with Gasteiger partial charge >= 0.3 is 0 Å². The van der Waals surface area contributed by atoms with Gasteiger partial charge in [0, 0.05) is 30.5 Å². The Morgan fingerprint density at radius 2 is 1.81 bits per heavy atom. The monoisotopic (exact) mass is 352 g/mol. The summed E-state index contributed by atoms with van der Waals surface area (Å²) < 4.78 is 6.36. The van der Waals surface area contributed by atoms with Crippen LogP contribution in [0.2, 0.25) is 0 Å². The maximum atomic E-state index is 6.36. The molecule has 1 aromatic carbocycles. The topological polar surface area (TPSA) is 25.4 Å². The molecule has 0 atom stereocenters. The van der Waals surface area contributed by atoms with Gasteiger partial charge in [0.1, 0.15) is 5.75 Å². The molecule has 26 heavy (non-hydrogen) atoms. The van der Waals surface area contributed by atoms with Gasteiger partial charge < -0.3 is 9.64 Å². The van der Waals surface area contributed by atoms with E-state index in [9.17, 15) is 0 Å². The molecule has 0 saturated heterocycles. The zero-order chi connectivity index (χ0) is 18.7. The Bertz CT molecular complexity index is 742. The fraction of sp³-hybridized carbons (Fsp3) is 0.522. The summed E-state index contributed by atoms with van der Waals surface area (Å²) in [6, 6.07) is 6.52. The molecule has 0 saturated carbocycles. The number of ether oxygens (including phenoxy) is 1. The van der Waals surface area contributed by atoms with E-state index in [4.69, 9.17) is 4.74 Å². The van der Waals surface area contributed by atoms with Gasteiger partial charge in [0.15, 0.2) is 0 Å². The van der Waals surface area contributed by atoms with Gasteiger partial charge in [-0.1, -0.05) is 44.4 Å². The summed E-state index contributed by atoms with van der Waals surface area (Å²) in [7, 11) is 0. The van der Waals surface area contributed by atoms with Gasteiger partial charge in [-0.2, -0.15) is 0 Å². The summed E-state index contributed by atoms with van der Waals surface area (Å²) in [6.45, 7) is 13.2. The van der Waals surface area contributed by atoms with Crippen molar-refractivity contribution in [1.82, 2.24) is 4.98 Å². The van der Waals surface area contributed by atoms with Crippen LogP contribution in [0.1, 0.15) is 55.4 Å². The van der Waals surface area contributed by atoms with Gasteiger partial charge in [-0.05, 0) is 56.7 Å². The van der Waals surface area contributed by atoms with Crippen molar-refractivity contribution in [2.75, 3.05) is 18.0 Å². The smallest absolute Gasteiger partial charge is 0.224 e. The lowest BCUT2D eigenvalue weighted by atomic mass is 9.98. The molecular weight excluding hydrogens is 320 g/mol. The first-order valence-electron chi connectivity index (χ1n) is 10.0. The fourth-order valence-electron chi connectivity index (χ4n) is 4.12. The van der Waals surface area contributed by atoms with Crippen LogP contribution < -0.4 is 9.64 Å². The lowest BCUT2D eigenvalue weighted by molar-refractivity contribution is 0.441. The molecule has 1 aliphatic rings. The van der Waals surface area contributed by atoms with E-state index >= 15 is 0 Å². The maximum Gasteiger partial charge on any atom is 0.224 e. The molecule has 140 valence electrons. The van der Waals surface area contributed by atoms with Crippen LogP contribution in [-0.2, 0) is 6.42 Å². The molecule has 2 heterocycles. The van der Waals surface area contributed by atoms with Crippen LogP contribution in [0.3, 0.4) is 0 Å². The average molecular weight is 353 g/mol. The largest absolute Gasteiger partial charge is 0.438 e. The first kappa shape index (κ1) is 18.8. The third kappa shape index (κ3) is 3.87. The molecule has 0 unspecified atom stereocenters. The molecule has 0 aliphatic carbocycles. The number of pyridine rings is 1. The summed E-state index contributed by atoms with van der Waals surface area (Å²) in [5, 5.41) is 0. The molecule has 0 N–H and O–H groups in total. The molecule has 2 aromatic rings. The molecular formula is C23H32N2O. The lowest BCUT2D eigenvalue weighted by Gasteiger charge is -2.34. The highest BCUT2D eigenvalue weighted by molar-refractivity contribution is 5.59. The van der Waals surface area contributed by atoms with Gasteiger partial charge in [0.05, 0.1) is 0 Å². The number of anilines is 1. The van der Waals surface area contributed by atoms with Crippen molar-refractivity contribution in [3.63, 3.8) is 0 Å². The van der Waals surface area contributed by atoms with Crippen molar-refractivity contribution in [2.45, 2.75) is 60.3 Å². The quantitative estimate of drug-likeness (QED) is 0.638. The first-order chi connectivity index (χ1) is 12.5. The van der Waals surface area contributed by atoms with Crippen molar-refractivity contribution in [1.29, 1.82) is 0 Å². The van der Waals surface area contributed by atoms with Crippen molar-refractivity contribution >= 4 is 5.69 Å². The number of hydrogen-bond acceptors (Lipinski definition) is 3. The summed E-state index contributed by atoms with van der Waals surface area (Å²) in [4.78, 5) is 7.14. The van der Waals surface area contributed by atoms with E-state index in [2.05, 4.69) is 62.7 Å².